The van der Waals surface area contributed by atoms with Gasteiger partial charge < -0.3 is 9.73 Å². The van der Waals surface area contributed by atoms with Gasteiger partial charge in [0.25, 0.3) is 5.91 Å². The lowest BCUT2D eigenvalue weighted by atomic mass is 10.1. The Morgan fingerprint density at radius 1 is 1.00 bits per heavy atom. The van der Waals surface area contributed by atoms with Crippen molar-refractivity contribution in [1.29, 1.82) is 0 Å². The molecule has 0 fully saturated rings. The molecule has 0 unspecified atom stereocenters. The second-order valence-corrected chi connectivity index (χ2v) is 5.84. The van der Waals surface area contributed by atoms with Gasteiger partial charge in [0.15, 0.2) is 0 Å². The predicted molar refractivity (Wildman–Crippen MR) is 97.0 cm³/mol. The van der Waals surface area contributed by atoms with Crippen molar-refractivity contribution >= 4 is 16.8 Å². The number of para-hydroxylation sites is 1. The van der Waals surface area contributed by atoms with E-state index in [9.17, 15) is 9.18 Å². The Bertz CT molecular complexity index is 1070. The fraction of sp³-hybridized carbons (Fsp3) is 0.0476. The van der Waals surface area contributed by atoms with Crippen LogP contribution in [0.4, 0.5) is 4.39 Å². The molecule has 1 amide bonds. The third-order valence-electron chi connectivity index (χ3n) is 4.09. The van der Waals surface area contributed by atoms with E-state index in [1.165, 1.54) is 12.1 Å². The van der Waals surface area contributed by atoms with Crippen molar-refractivity contribution in [1.82, 2.24) is 10.3 Å². The molecule has 4 aromatic rings. The van der Waals surface area contributed by atoms with Crippen LogP contribution in [0.1, 0.15) is 16.1 Å². The molecule has 4 nitrogen and oxygen atoms in total. The van der Waals surface area contributed by atoms with Gasteiger partial charge in [-0.15, -0.1) is 0 Å². The highest BCUT2D eigenvalue weighted by Crippen LogP contribution is 2.22. The molecular formula is C21H15FN2O2. The van der Waals surface area contributed by atoms with Gasteiger partial charge in [0.05, 0.1) is 17.6 Å². The number of hydrogen-bond acceptors (Lipinski definition) is 3. The number of nitrogens with one attached hydrogen (secondary N) is 1. The molecule has 0 spiro atoms. The molecule has 0 atom stereocenters. The van der Waals surface area contributed by atoms with Crippen LogP contribution in [0.5, 0.6) is 0 Å². The molecule has 2 aromatic carbocycles. The molecule has 128 valence electrons. The molecule has 1 N–H and O–H groups in total. The average Bonchev–Trinajstić information content (AvgIpc) is 3.15. The highest BCUT2D eigenvalue weighted by Gasteiger charge is 2.12. The summed E-state index contributed by atoms with van der Waals surface area (Å²) in [4.78, 5) is 16.8. The molecule has 0 saturated carbocycles. The van der Waals surface area contributed by atoms with E-state index in [0.29, 0.717) is 22.6 Å². The van der Waals surface area contributed by atoms with Crippen LogP contribution < -0.4 is 5.32 Å². The first-order valence-electron chi connectivity index (χ1n) is 8.17. The van der Waals surface area contributed by atoms with Crippen LogP contribution >= 0.6 is 0 Å². The Labute approximate surface area is 149 Å². The van der Waals surface area contributed by atoms with E-state index in [1.54, 1.807) is 36.5 Å². The fourth-order valence-corrected chi connectivity index (χ4v) is 2.79. The molecule has 0 radical (unpaired) electrons. The van der Waals surface area contributed by atoms with Crippen molar-refractivity contribution < 1.29 is 13.6 Å². The first kappa shape index (κ1) is 16.0. The topological polar surface area (TPSA) is 55.1 Å². The summed E-state index contributed by atoms with van der Waals surface area (Å²) in [5.41, 5.74) is 1.97. The van der Waals surface area contributed by atoms with Gasteiger partial charge in [-0.3, -0.25) is 9.78 Å². The summed E-state index contributed by atoms with van der Waals surface area (Å²) >= 11 is 0. The minimum Gasteiger partial charge on any atom is -0.459 e. The summed E-state index contributed by atoms with van der Waals surface area (Å²) < 4.78 is 18.7. The van der Waals surface area contributed by atoms with Crippen LogP contribution in [0.2, 0.25) is 0 Å². The number of nitrogens with zero attached hydrogens (tertiary/aromatic N) is 1. The van der Waals surface area contributed by atoms with E-state index < -0.39 is 0 Å². The predicted octanol–water partition coefficient (Wildman–Crippen LogP) is 4.56. The lowest BCUT2D eigenvalue weighted by molar-refractivity contribution is 0.0949. The van der Waals surface area contributed by atoms with Gasteiger partial charge in [-0.1, -0.05) is 18.2 Å². The van der Waals surface area contributed by atoms with Gasteiger partial charge >= 0.3 is 0 Å². The first-order chi connectivity index (χ1) is 12.7. The van der Waals surface area contributed by atoms with Crippen molar-refractivity contribution in [2.75, 3.05) is 0 Å². The summed E-state index contributed by atoms with van der Waals surface area (Å²) in [6.07, 6.45) is 1.67. The van der Waals surface area contributed by atoms with Crippen molar-refractivity contribution in [3.05, 3.63) is 90.1 Å². The van der Waals surface area contributed by atoms with E-state index in [2.05, 4.69) is 10.3 Å². The van der Waals surface area contributed by atoms with Gasteiger partial charge in [0.1, 0.15) is 17.3 Å². The number of hydrogen-bond donors (Lipinski definition) is 1. The molecule has 0 saturated heterocycles. The number of pyridine rings is 1. The minimum absolute atomic E-state index is 0.214. The molecule has 2 aromatic heterocycles. The number of furan rings is 1. The van der Waals surface area contributed by atoms with Crippen LogP contribution in [-0.4, -0.2) is 10.9 Å². The third-order valence-corrected chi connectivity index (χ3v) is 4.09. The molecule has 4 rings (SSSR count). The Kier molecular flexibility index (Phi) is 4.19. The highest BCUT2D eigenvalue weighted by atomic mass is 19.1. The largest absolute Gasteiger partial charge is 0.459 e. The molecule has 0 bridgehead atoms. The quantitative estimate of drug-likeness (QED) is 0.589. The molecule has 5 heteroatoms. The van der Waals surface area contributed by atoms with E-state index in [1.807, 2.05) is 24.3 Å². The van der Waals surface area contributed by atoms with E-state index in [4.69, 9.17) is 4.42 Å². The van der Waals surface area contributed by atoms with Crippen molar-refractivity contribution in [3.63, 3.8) is 0 Å². The Morgan fingerprint density at radius 3 is 2.65 bits per heavy atom. The van der Waals surface area contributed by atoms with Crippen LogP contribution in [0, 0.1) is 5.82 Å². The maximum Gasteiger partial charge on any atom is 0.253 e. The van der Waals surface area contributed by atoms with E-state index in [-0.39, 0.29) is 18.3 Å². The summed E-state index contributed by atoms with van der Waals surface area (Å²) in [5.74, 6) is 0.734. The molecule has 0 aliphatic heterocycles. The fourth-order valence-electron chi connectivity index (χ4n) is 2.79. The maximum atomic E-state index is 13.0. The second-order valence-electron chi connectivity index (χ2n) is 5.84. The first-order valence-corrected chi connectivity index (χ1v) is 8.17. The molecule has 2 heterocycles. The zero-order valence-corrected chi connectivity index (χ0v) is 13.8. The minimum atomic E-state index is -0.295. The van der Waals surface area contributed by atoms with Crippen LogP contribution in [0.15, 0.2) is 77.3 Å². The van der Waals surface area contributed by atoms with Gasteiger partial charge in [0.2, 0.25) is 0 Å². The lowest BCUT2D eigenvalue weighted by Crippen LogP contribution is -2.22. The Balaban J connectivity index is 1.49. The average molecular weight is 346 g/mol. The number of halogens is 1. The summed E-state index contributed by atoms with van der Waals surface area (Å²) in [6.45, 7) is 0.253. The van der Waals surface area contributed by atoms with Crippen molar-refractivity contribution in [3.8, 4) is 11.3 Å². The third kappa shape index (κ3) is 3.19. The smallest absolute Gasteiger partial charge is 0.253 e. The lowest BCUT2D eigenvalue weighted by Gasteiger charge is -2.06. The molecule has 0 aliphatic rings. The standard InChI is InChI=1S/C21H15FN2O2/c22-16-8-6-14(7-9-16)19-11-10-17(26-19)13-24-21(25)18-5-1-3-15-4-2-12-23-20(15)18/h1-12H,13H2,(H,24,25). The number of aromatic nitrogens is 1. The van der Waals surface area contributed by atoms with Gasteiger partial charge in [-0.2, -0.15) is 0 Å². The van der Waals surface area contributed by atoms with Crippen LogP contribution in [0.25, 0.3) is 22.2 Å². The van der Waals surface area contributed by atoms with Gasteiger partial charge in [0, 0.05) is 17.1 Å². The molecule has 0 aliphatic carbocycles. The summed E-state index contributed by atoms with van der Waals surface area (Å²) in [6, 6.07) is 18.9. The molecular weight excluding hydrogens is 331 g/mol. The zero-order chi connectivity index (χ0) is 17.9. The Hall–Kier alpha value is -3.47. The van der Waals surface area contributed by atoms with Gasteiger partial charge in [-0.05, 0) is 48.5 Å². The molecule has 26 heavy (non-hydrogen) atoms. The van der Waals surface area contributed by atoms with E-state index in [0.717, 1.165) is 10.9 Å². The van der Waals surface area contributed by atoms with Crippen LogP contribution in [0.3, 0.4) is 0 Å². The van der Waals surface area contributed by atoms with Crippen molar-refractivity contribution in [2.45, 2.75) is 6.54 Å². The summed E-state index contributed by atoms with van der Waals surface area (Å²) in [5, 5.41) is 3.76. The highest BCUT2D eigenvalue weighted by molar-refractivity contribution is 6.05. The zero-order valence-electron chi connectivity index (χ0n) is 13.8. The second kappa shape index (κ2) is 6.80. The number of fused-ring (bicyclic) bond motifs is 1. The van der Waals surface area contributed by atoms with Gasteiger partial charge in [-0.25, -0.2) is 4.39 Å². The normalized spacial score (nSPS) is 10.8. The SMILES string of the molecule is O=C(NCc1ccc(-c2ccc(F)cc2)o1)c1cccc2cccnc12. The number of amides is 1. The Morgan fingerprint density at radius 2 is 1.81 bits per heavy atom. The summed E-state index contributed by atoms with van der Waals surface area (Å²) in [7, 11) is 0. The van der Waals surface area contributed by atoms with E-state index >= 15 is 0 Å². The van der Waals surface area contributed by atoms with Crippen LogP contribution in [-0.2, 0) is 6.54 Å². The number of benzene rings is 2. The van der Waals surface area contributed by atoms with Crippen molar-refractivity contribution in [2.24, 2.45) is 0 Å². The number of rotatable bonds is 4. The monoisotopic (exact) mass is 346 g/mol. The number of carbonyl (C=O) groups is 1. The number of carbonyl (C=O) groups excluding carboxylic acids is 1. The maximum absolute atomic E-state index is 13.0.